The molecule has 3 atom stereocenters. The second-order valence-corrected chi connectivity index (χ2v) is 8.30. The molecular formula is C23H36N6. The lowest BCUT2D eigenvalue weighted by Gasteiger charge is -2.39. The van der Waals surface area contributed by atoms with Crippen LogP contribution in [0.4, 0.5) is 0 Å². The predicted molar refractivity (Wildman–Crippen MR) is 120 cm³/mol. The first-order valence-electron chi connectivity index (χ1n) is 10.8. The van der Waals surface area contributed by atoms with Gasteiger partial charge in [-0.1, -0.05) is 37.3 Å². The van der Waals surface area contributed by atoms with E-state index in [0.29, 0.717) is 18.0 Å². The summed E-state index contributed by atoms with van der Waals surface area (Å²) < 4.78 is 2.24. The molecule has 2 aromatic rings. The molecule has 1 aromatic carbocycles. The number of likely N-dealkylation sites (tertiary alicyclic amines) is 1. The second-order valence-electron chi connectivity index (χ2n) is 8.30. The lowest BCUT2D eigenvalue weighted by molar-refractivity contribution is 0.188. The van der Waals surface area contributed by atoms with E-state index in [0.717, 1.165) is 38.6 Å². The number of hydrogen-bond donors (Lipinski definition) is 1. The van der Waals surface area contributed by atoms with Crippen LogP contribution in [0.5, 0.6) is 0 Å². The van der Waals surface area contributed by atoms with Gasteiger partial charge in [0.05, 0.1) is 12.4 Å². The Kier molecular flexibility index (Phi) is 7.69. The smallest absolute Gasteiger partial charge is 0.193 e. The first-order chi connectivity index (χ1) is 14.1. The van der Waals surface area contributed by atoms with Crippen molar-refractivity contribution in [2.45, 2.75) is 45.3 Å². The molecule has 6 nitrogen and oxygen atoms in total. The van der Waals surface area contributed by atoms with Gasteiger partial charge >= 0.3 is 0 Å². The van der Waals surface area contributed by atoms with Gasteiger partial charge < -0.3 is 14.8 Å². The van der Waals surface area contributed by atoms with E-state index in [1.807, 2.05) is 19.6 Å². The summed E-state index contributed by atoms with van der Waals surface area (Å²) in [5.74, 6) is 1.66. The maximum Gasteiger partial charge on any atom is 0.193 e. The van der Waals surface area contributed by atoms with E-state index in [2.05, 4.69) is 87.1 Å². The molecule has 0 bridgehead atoms. The fourth-order valence-electron chi connectivity index (χ4n) is 4.07. The third kappa shape index (κ3) is 5.82. The summed E-state index contributed by atoms with van der Waals surface area (Å²) in [5, 5.41) is 3.59. The number of hydrogen-bond acceptors (Lipinski definition) is 3. The molecule has 1 saturated heterocycles. The molecule has 0 amide bonds. The summed E-state index contributed by atoms with van der Waals surface area (Å²) in [5.41, 5.74) is 1.36. The van der Waals surface area contributed by atoms with Gasteiger partial charge in [0.15, 0.2) is 5.96 Å². The van der Waals surface area contributed by atoms with Crippen molar-refractivity contribution in [3.8, 4) is 0 Å². The van der Waals surface area contributed by atoms with Crippen molar-refractivity contribution in [1.29, 1.82) is 0 Å². The lowest BCUT2D eigenvalue weighted by atomic mass is 9.93. The maximum atomic E-state index is 4.55. The highest BCUT2D eigenvalue weighted by molar-refractivity contribution is 5.80. The van der Waals surface area contributed by atoms with Crippen LogP contribution in [0.3, 0.4) is 0 Å². The van der Waals surface area contributed by atoms with Crippen molar-refractivity contribution >= 4 is 5.96 Å². The highest BCUT2D eigenvalue weighted by Gasteiger charge is 2.28. The Balaban J connectivity index is 1.47. The van der Waals surface area contributed by atoms with Gasteiger partial charge in [0.2, 0.25) is 0 Å². The van der Waals surface area contributed by atoms with Gasteiger partial charge in [0, 0.05) is 51.7 Å². The Hall–Kier alpha value is -2.34. The minimum absolute atomic E-state index is 0.445. The molecule has 2 heterocycles. The van der Waals surface area contributed by atoms with E-state index >= 15 is 0 Å². The van der Waals surface area contributed by atoms with Gasteiger partial charge in [-0.2, -0.15) is 0 Å². The molecule has 0 radical (unpaired) electrons. The van der Waals surface area contributed by atoms with Crippen LogP contribution in [0, 0.1) is 5.92 Å². The standard InChI is InChI=1S/C23H36N6/c1-19-11-14-28(17-22(19)29-15-13-25-18-29)23(24-3)26-12-10-20(2)27(4)16-21-8-6-5-7-9-21/h5-9,13,15,18-20,22H,10-12,14,16-17H2,1-4H3,(H,24,26). The highest BCUT2D eigenvalue weighted by atomic mass is 15.3. The van der Waals surface area contributed by atoms with E-state index in [1.165, 1.54) is 12.0 Å². The van der Waals surface area contributed by atoms with Crippen molar-refractivity contribution in [3.63, 3.8) is 0 Å². The van der Waals surface area contributed by atoms with Crippen LogP contribution < -0.4 is 5.32 Å². The molecule has 1 aliphatic rings. The first-order valence-corrected chi connectivity index (χ1v) is 10.8. The minimum Gasteiger partial charge on any atom is -0.356 e. The van der Waals surface area contributed by atoms with Crippen molar-refractivity contribution in [2.24, 2.45) is 10.9 Å². The molecule has 1 aromatic heterocycles. The second kappa shape index (κ2) is 10.4. The van der Waals surface area contributed by atoms with Crippen LogP contribution in [0.25, 0.3) is 0 Å². The van der Waals surface area contributed by atoms with Crippen LogP contribution in [-0.4, -0.2) is 65.1 Å². The van der Waals surface area contributed by atoms with E-state index < -0.39 is 0 Å². The summed E-state index contributed by atoms with van der Waals surface area (Å²) in [6.07, 6.45) is 8.12. The molecule has 1 fully saturated rings. The Bertz CT molecular complexity index is 742. The molecule has 1 N–H and O–H groups in total. The van der Waals surface area contributed by atoms with Crippen molar-refractivity contribution in [1.82, 2.24) is 24.7 Å². The summed E-state index contributed by atoms with van der Waals surface area (Å²) >= 11 is 0. The van der Waals surface area contributed by atoms with E-state index in [-0.39, 0.29) is 0 Å². The van der Waals surface area contributed by atoms with Gasteiger partial charge in [-0.15, -0.1) is 0 Å². The number of aromatic nitrogens is 2. The van der Waals surface area contributed by atoms with Crippen LogP contribution in [0.15, 0.2) is 54.0 Å². The molecule has 6 heteroatoms. The number of nitrogens with one attached hydrogen (secondary N) is 1. The average Bonchev–Trinajstić information content (AvgIpc) is 3.27. The van der Waals surface area contributed by atoms with Crippen LogP contribution in [0.2, 0.25) is 0 Å². The quantitative estimate of drug-likeness (QED) is 0.577. The van der Waals surface area contributed by atoms with Gasteiger partial charge in [0.1, 0.15) is 0 Å². The van der Waals surface area contributed by atoms with E-state index in [9.17, 15) is 0 Å². The topological polar surface area (TPSA) is 48.7 Å². The fourth-order valence-corrected chi connectivity index (χ4v) is 4.07. The lowest BCUT2D eigenvalue weighted by Crippen LogP contribution is -2.49. The molecule has 158 valence electrons. The molecule has 3 unspecified atom stereocenters. The SMILES string of the molecule is CN=C(NCCC(C)N(C)Cc1ccccc1)N1CCC(C)C(n2ccnc2)C1. The summed E-state index contributed by atoms with van der Waals surface area (Å²) in [4.78, 5) is 13.6. The number of nitrogens with zero attached hydrogens (tertiary/aromatic N) is 5. The van der Waals surface area contributed by atoms with Crippen molar-refractivity contribution in [3.05, 3.63) is 54.6 Å². The predicted octanol–water partition coefficient (Wildman–Crippen LogP) is 3.25. The summed E-state index contributed by atoms with van der Waals surface area (Å²) in [6.45, 7) is 8.56. The number of benzene rings is 1. The fraction of sp³-hybridized carbons (Fsp3) is 0.565. The molecule has 3 rings (SSSR count). The van der Waals surface area contributed by atoms with Crippen molar-refractivity contribution in [2.75, 3.05) is 33.7 Å². The number of imidazole rings is 1. The largest absolute Gasteiger partial charge is 0.356 e. The molecule has 0 saturated carbocycles. The maximum absolute atomic E-state index is 4.55. The Morgan fingerprint density at radius 2 is 2.14 bits per heavy atom. The van der Waals surface area contributed by atoms with Crippen LogP contribution >= 0.6 is 0 Å². The highest BCUT2D eigenvalue weighted by Crippen LogP contribution is 2.27. The third-order valence-corrected chi connectivity index (χ3v) is 6.21. The Labute approximate surface area is 175 Å². The number of aliphatic imine (C=N–C) groups is 1. The molecule has 0 spiro atoms. The molecule has 29 heavy (non-hydrogen) atoms. The van der Waals surface area contributed by atoms with Crippen LogP contribution in [0.1, 0.15) is 38.3 Å². The van der Waals surface area contributed by atoms with Crippen molar-refractivity contribution < 1.29 is 0 Å². The zero-order valence-corrected chi connectivity index (χ0v) is 18.3. The summed E-state index contributed by atoms with van der Waals surface area (Å²) in [6, 6.07) is 11.6. The zero-order valence-electron chi connectivity index (χ0n) is 18.3. The number of rotatable bonds is 7. The minimum atomic E-state index is 0.445. The third-order valence-electron chi connectivity index (χ3n) is 6.21. The van der Waals surface area contributed by atoms with Crippen LogP contribution in [-0.2, 0) is 6.54 Å². The monoisotopic (exact) mass is 396 g/mol. The van der Waals surface area contributed by atoms with E-state index in [4.69, 9.17) is 0 Å². The number of piperidine rings is 1. The van der Waals surface area contributed by atoms with Gasteiger partial charge in [-0.05, 0) is 38.3 Å². The van der Waals surface area contributed by atoms with Gasteiger partial charge in [-0.3, -0.25) is 9.89 Å². The molecular weight excluding hydrogens is 360 g/mol. The normalized spacial score (nSPS) is 21.4. The van der Waals surface area contributed by atoms with Gasteiger partial charge in [-0.25, -0.2) is 4.98 Å². The van der Waals surface area contributed by atoms with Gasteiger partial charge in [0.25, 0.3) is 0 Å². The molecule has 1 aliphatic heterocycles. The average molecular weight is 397 g/mol. The number of guanidine groups is 1. The first kappa shape index (κ1) is 21.4. The molecule has 0 aliphatic carbocycles. The zero-order chi connectivity index (χ0) is 20.6. The Morgan fingerprint density at radius 1 is 1.34 bits per heavy atom. The van der Waals surface area contributed by atoms with E-state index in [1.54, 1.807) is 0 Å². The Morgan fingerprint density at radius 3 is 2.83 bits per heavy atom. The summed E-state index contributed by atoms with van der Waals surface area (Å²) in [7, 11) is 4.09.